The first-order chi connectivity index (χ1) is 13.2. The number of amides is 1. The van der Waals surface area contributed by atoms with Crippen molar-refractivity contribution in [2.45, 2.75) is 123 Å². The number of carbonyl (C=O) groups is 1. The zero-order valence-electron chi connectivity index (χ0n) is 19.5. The Balaban J connectivity index is 3.39. The van der Waals surface area contributed by atoms with Gasteiger partial charge >= 0.3 is 0 Å². The maximum absolute atomic E-state index is 12.4. The van der Waals surface area contributed by atoms with Gasteiger partial charge in [-0.1, -0.05) is 91.9 Å². The number of nitrogens with one attached hydrogen (secondary N) is 1. The molecule has 0 saturated carbocycles. The summed E-state index contributed by atoms with van der Waals surface area (Å²) in [7, 11) is -2.53. The van der Waals surface area contributed by atoms with Crippen molar-refractivity contribution < 1.29 is 13.9 Å². The Hall–Kier alpha value is -0.340. The molecule has 0 aromatic carbocycles. The van der Waals surface area contributed by atoms with Crippen LogP contribution in [-0.2, 0) is 13.9 Å². The molecule has 0 saturated heterocycles. The second-order valence-electron chi connectivity index (χ2n) is 9.19. The smallest absolute Gasteiger partial charge is 0.219 e. The SMILES string of the molecule is CCCCCCCCCCCC(=O)NCCCCCCOP(C)(=O)C(C)(C)C. The van der Waals surface area contributed by atoms with Crippen molar-refractivity contribution in [1.82, 2.24) is 5.32 Å². The Morgan fingerprint density at radius 2 is 1.32 bits per heavy atom. The van der Waals surface area contributed by atoms with Crippen molar-refractivity contribution in [2.24, 2.45) is 0 Å². The lowest BCUT2D eigenvalue weighted by Gasteiger charge is -2.27. The van der Waals surface area contributed by atoms with Crippen LogP contribution in [0.5, 0.6) is 0 Å². The summed E-state index contributed by atoms with van der Waals surface area (Å²) < 4.78 is 18.0. The summed E-state index contributed by atoms with van der Waals surface area (Å²) >= 11 is 0. The standard InChI is InChI=1S/C23H48NO3P/c1-6-7-8-9-10-11-12-13-16-19-22(25)24-20-17-14-15-18-21-27-28(5,26)23(2,3)4/h6-21H2,1-5H3,(H,24,25). The molecule has 0 spiro atoms. The summed E-state index contributed by atoms with van der Waals surface area (Å²) in [5.74, 6) is 0.198. The summed E-state index contributed by atoms with van der Waals surface area (Å²) in [6.07, 6.45) is 16.3. The molecule has 28 heavy (non-hydrogen) atoms. The van der Waals surface area contributed by atoms with E-state index in [0.29, 0.717) is 13.0 Å². The highest BCUT2D eigenvalue weighted by atomic mass is 31.2. The van der Waals surface area contributed by atoms with Gasteiger partial charge in [0.1, 0.15) is 0 Å². The zero-order valence-corrected chi connectivity index (χ0v) is 20.4. The van der Waals surface area contributed by atoms with Gasteiger partial charge in [-0.15, -0.1) is 0 Å². The van der Waals surface area contributed by atoms with E-state index in [1.165, 1.54) is 51.4 Å². The molecule has 0 aliphatic heterocycles. The number of hydrogen-bond acceptors (Lipinski definition) is 3. The minimum Gasteiger partial charge on any atom is -0.356 e. The first kappa shape index (κ1) is 27.7. The van der Waals surface area contributed by atoms with Gasteiger partial charge in [0, 0.05) is 24.8 Å². The minimum absolute atomic E-state index is 0.198. The lowest BCUT2D eigenvalue weighted by molar-refractivity contribution is -0.121. The van der Waals surface area contributed by atoms with Gasteiger partial charge in [-0.05, 0) is 19.3 Å². The fraction of sp³-hybridized carbons (Fsp3) is 0.957. The third-order valence-corrected chi connectivity index (χ3v) is 8.57. The summed E-state index contributed by atoms with van der Waals surface area (Å²) in [5, 5.41) is 2.74. The van der Waals surface area contributed by atoms with Crippen LogP contribution in [0.1, 0.15) is 118 Å². The zero-order chi connectivity index (χ0) is 21.3. The van der Waals surface area contributed by atoms with Crippen molar-refractivity contribution in [3.63, 3.8) is 0 Å². The van der Waals surface area contributed by atoms with Crippen LogP contribution in [-0.4, -0.2) is 30.9 Å². The van der Waals surface area contributed by atoms with E-state index in [-0.39, 0.29) is 11.1 Å². The molecular formula is C23H48NO3P. The molecule has 1 N–H and O–H groups in total. The first-order valence-corrected chi connectivity index (χ1v) is 13.8. The van der Waals surface area contributed by atoms with E-state index in [9.17, 15) is 9.36 Å². The quantitative estimate of drug-likeness (QED) is 0.188. The molecule has 1 amide bonds. The monoisotopic (exact) mass is 417 g/mol. The van der Waals surface area contributed by atoms with Crippen LogP contribution in [0.3, 0.4) is 0 Å². The van der Waals surface area contributed by atoms with Crippen LogP contribution in [0.25, 0.3) is 0 Å². The Bertz CT molecular complexity index is 432. The molecule has 0 heterocycles. The number of hydrogen-bond donors (Lipinski definition) is 1. The molecule has 0 radical (unpaired) electrons. The van der Waals surface area contributed by atoms with Crippen molar-refractivity contribution >= 4 is 13.3 Å². The molecule has 0 bridgehead atoms. The van der Waals surface area contributed by atoms with Crippen molar-refractivity contribution in [3.05, 3.63) is 0 Å². The highest BCUT2D eigenvalue weighted by Crippen LogP contribution is 2.55. The fourth-order valence-electron chi connectivity index (χ4n) is 2.93. The van der Waals surface area contributed by atoms with Crippen LogP contribution in [0.15, 0.2) is 0 Å². The van der Waals surface area contributed by atoms with Gasteiger partial charge in [-0.3, -0.25) is 9.36 Å². The van der Waals surface area contributed by atoms with Gasteiger partial charge in [0.05, 0.1) is 6.61 Å². The summed E-state index contributed by atoms with van der Waals surface area (Å²) in [4.78, 5) is 11.8. The highest BCUT2D eigenvalue weighted by Gasteiger charge is 2.32. The van der Waals surface area contributed by atoms with Gasteiger partial charge in [0.15, 0.2) is 0 Å². The second kappa shape index (κ2) is 16.5. The van der Waals surface area contributed by atoms with Gasteiger partial charge in [-0.2, -0.15) is 0 Å². The third-order valence-electron chi connectivity index (χ3n) is 5.46. The maximum atomic E-state index is 12.4. The topological polar surface area (TPSA) is 55.4 Å². The van der Waals surface area contributed by atoms with Crippen LogP contribution < -0.4 is 5.32 Å². The Morgan fingerprint density at radius 1 is 0.821 bits per heavy atom. The summed E-state index contributed by atoms with van der Waals surface area (Å²) in [5.41, 5.74) is 0. The molecular weight excluding hydrogens is 369 g/mol. The first-order valence-electron chi connectivity index (χ1n) is 11.7. The molecule has 0 aromatic rings. The second-order valence-corrected chi connectivity index (χ2v) is 12.5. The van der Waals surface area contributed by atoms with Crippen molar-refractivity contribution in [2.75, 3.05) is 19.8 Å². The lowest BCUT2D eigenvalue weighted by atomic mass is 10.1. The van der Waals surface area contributed by atoms with E-state index in [1.807, 2.05) is 20.8 Å². The van der Waals surface area contributed by atoms with E-state index in [4.69, 9.17) is 4.52 Å². The van der Waals surface area contributed by atoms with Gasteiger partial charge in [0.2, 0.25) is 13.3 Å². The lowest BCUT2D eigenvalue weighted by Crippen LogP contribution is -2.23. The molecule has 4 nitrogen and oxygen atoms in total. The van der Waals surface area contributed by atoms with Crippen LogP contribution in [0.4, 0.5) is 0 Å². The van der Waals surface area contributed by atoms with E-state index < -0.39 is 7.37 Å². The van der Waals surface area contributed by atoms with E-state index >= 15 is 0 Å². The van der Waals surface area contributed by atoms with Gasteiger partial charge in [-0.25, -0.2) is 0 Å². The molecule has 0 aromatic heterocycles. The third kappa shape index (κ3) is 15.6. The Labute approximate surface area is 175 Å². The van der Waals surface area contributed by atoms with Crippen LogP contribution >= 0.6 is 7.37 Å². The normalized spacial score (nSPS) is 14.0. The predicted octanol–water partition coefficient (Wildman–Crippen LogP) is 7.31. The van der Waals surface area contributed by atoms with Gasteiger partial charge in [0.25, 0.3) is 0 Å². The van der Waals surface area contributed by atoms with Crippen LogP contribution in [0.2, 0.25) is 0 Å². The minimum atomic E-state index is -2.53. The Kier molecular flexibility index (Phi) is 16.3. The number of carbonyl (C=O) groups excluding carboxylic acids is 1. The molecule has 5 heteroatoms. The van der Waals surface area contributed by atoms with E-state index in [1.54, 1.807) is 6.66 Å². The largest absolute Gasteiger partial charge is 0.356 e. The van der Waals surface area contributed by atoms with Crippen LogP contribution in [0, 0.1) is 0 Å². The Morgan fingerprint density at radius 3 is 1.89 bits per heavy atom. The average molecular weight is 418 g/mol. The van der Waals surface area contributed by atoms with E-state index in [2.05, 4.69) is 12.2 Å². The molecule has 1 unspecified atom stereocenters. The van der Waals surface area contributed by atoms with Gasteiger partial charge < -0.3 is 9.84 Å². The number of unbranched alkanes of at least 4 members (excludes halogenated alkanes) is 11. The molecule has 0 rings (SSSR count). The fourth-order valence-corrected chi connectivity index (χ4v) is 3.79. The van der Waals surface area contributed by atoms with Crippen molar-refractivity contribution in [1.29, 1.82) is 0 Å². The summed E-state index contributed by atoms with van der Waals surface area (Å²) in [6.45, 7) is 11.2. The summed E-state index contributed by atoms with van der Waals surface area (Å²) in [6, 6.07) is 0. The molecule has 0 aliphatic rings. The predicted molar refractivity (Wildman–Crippen MR) is 123 cm³/mol. The highest BCUT2D eigenvalue weighted by molar-refractivity contribution is 7.59. The molecule has 168 valence electrons. The van der Waals surface area contributed by atoms with Crippen molar-refractivity contribution in [3.8, 4) is 0 Å². The molecule has 1 atom stereocenters. The average Bonchev–Trinajstić information content (AvgIpc) is 2.61. The van der Waals surface area contributed by atoms with E-state index in [0.717, 1.165) is 38.6 Å². The molecule has 0 aliphatic carbocycles. The maximum Gasteiger partial charge on any atom is 0.219 e. The number of rotatable bonds is 18. The molecule has 0 fully saturated rings.